The number of benzene rings is 2. The zero-order valence-corrected chi connectivity index (χ0v) is 16.1. The van der Waals surface area contributed by atoms with E-state index >= 15 is 4.39 Å². The van der Waals surface area contributed by atoms with Gasteiger partial charge in [0.05, 0.1) is 0 Å². The first-order valence-corrected chi connectivity index (χ1v) is 9.62. The predicted molar refractivity (Wildman–Crippen MR) is 109 cm³/mol. The molecule has 0 fully saturated rings. The summed E-state index contributed by atoms with van der Waals surface area (Å²) in [5.74, 6) is -0.867. The van der Waals surface area contributed by atoms with Crippen LogP contribution in [0.15, 0.2) is 60.7 Å². The first kappa shape index (κ1) is 20.0. The second-order valence-corrected chi connectivity index (χ2v) is 7.67. The Bertz CT molecular complexity index is 796. The normalized spacial score (nSPS) is 27.3. The van der Waals surface area contributed by atoms with Gasteiger partial charge in [-0.1, -0.05) is 66.2 Å². The topological polar surface area (TPSA) is 72.3 Å². The van der Waals surface area contributed by atoms with Crippen molar-refractivity contribution in [2.45, 2.75) is 37.1 Å². The molecule has 5 heteroatoms. The Hall–Kier alpha value is -1.72. The smallest absolute Gasteiger partial charge is 0.137 e. The molecule has 0 heterocycles. The number of aliphatic hydroxyl groups is 1. The van der Waals surface area contributed by atoms with Crippen LogP contribution in [0.5, 0.6) is 0 Å². The van der Waals surface area contributed by atoms with Gasteiger partial charge >= 0.3 is 0 Å². The molecule has 6 atom stereocenters. The minimum absolute atomic E-state index is 0.0157. The fraction of sp³-hybridized carbons (Fsp3) is 0.364. The van der Waals surface area contributed by atoms with Gasteiger partial charge in [0.2, 0.25) is 0 Å². The van der Waals surface area contributed by atoms with Crippen molar-refractivity contribution in [2.24, 2.45) is 17.4 Å². The van der Waals surface area contributed by atoms with Crippen molar-refractivity contribution in [1.82, 2.24) is 0 Å². The molecule has 1 aliphatic carbocycles. The number of nitrogens with two attached hydrogens (primary N) is 2. The summed E-state index contributed by atoms with van der Waals surface area (Å²) in [6.07, 6.45) is 0.659. The monoisotopic (exact) mass is 388 g/mol. The van der Waals surface area contributed by atoms with Gasteiger partial charge in [0.1, 0.15) is 12.3 Å². The highest BCUT2D eigenvalue weighted by atomic mass is 35.5. The molecular formula is C22H26ClFN2O. The standard InChI is InChI=1S/C22H26ClFN2O/c1-13(26)16-8-10-20(27)22(24)21(16)17-11-15(7-9-19(17)23)18(12-25)14-5-3-2-4-6-14/h2-11,13,16,18,20-22,27H,12,25-26H2,1H3/t13-,16?,18?,20?,21?,22?/m0/s1. The van der Waals surface area contributed by atoms with Crippen LogP contribution in [-0.2, 0) is 0 Å². The maximum Gasteiger partial charge on any atom is 0.137 e. The summed E-state index contributed by atoms with van der Waals surface area (Å²) < 4.78 is 15.0. The van der Waals surface area contributed by atoms with Gasteiger partial charge in [-0.15, -0.1) is 0 Å². The van der Waals surface area contributed by atoms with Crippen LogP contribution in [0.2, 0.25) is 5.02 Å². The molecule has 0 saturated heterocycles. The molecule has 0 aliphatic heterocycles. The van der Waals surface area contributed by atoms with Crippen LogP contribution in [-0.4, -0.2) is 30.0 Å². The summed E-state index contributed by atoms with van der Waals surface area (Å²) in [5, 5.41) is 10.5. The molecule has 0 spiro atoms. The van der Waals surface area contributed by atoms with Gasteiger partial charge in [-0.2, -0.15) is 0 Å². The minimum Gasteiger partial charge on any atom is -0.386 e. The minimum atomic E-state index is -1.47. The van der Waals surface area contributed by atoms with E-state index in [1.807, 2.05) is 49.4 Å². The van der Waals surface area contributed by atoms with E-state index < -0.39 is 18.2 Å². The number of aliphatic hydroxyl groups excluding tert-OH is 1. The highest BCUT2D eigenvalue weighted by Crippen LogP contribution is 2.42. The lowest BCUT2D eigenvalue weighted by Crippen LogP contribution is -2.41. The van der Waals surface area contributed by atoms with Gasteiger partial charge in [0.15, 0.2) is 0 Å². The first-order valence-electron chi connectivity index (χ1n) is 9.24. The maximum absolute atomic E-state index is 15.0. The molecule has 0 radical (unpaired) electrons. The summed E-state index contributed by atoms with van der Waals surface area (Å²) in [4.78, 5) is 0. The summed E-state index contributed by atoms with van der Waals surface area (Å²) in [5.41, 5.74) is 14.9. The highest BCUT2D eigenvalue weighted by molar-refractivity contribution is 6.31. The van der Waals surface area contributed by atoms with Gasteiger partial charge in [0.25, 0.3) is 0 Å². The van der Waals surface area contributed by atoms with Crippen LogP contribution in [0.4, 0.5) is 4.39 Å². The zero-order valence-electron chi connectivity index (χ0n) is 15.3. The quantitative estimate of drug-likeness (QED) is 0.683. The molecule has 5 N–H and O–H groups in total. The highest BCUT2D eigenvalue weighted by Gasteiger charge is 2.39. The first-order chi connectivity index (χ1) is 12.9. The Kier molecular flexibility index (Phi) is 6.33. The zero-order chi connectivity index (χ0) is 19.6. The molecule has 0 saturated carbocycles. The van der Waals surface area contributed by atoms with Gasteiger partial charge in [-0.05, 0) is 29.7 Å². The van der Waals surface area contributed by atoms with Gasteiger partial charge < -0.3 is 16.6 Å². The average molecular weight is 389 g/mol. The van der Waals surface area contributed by atoms with Crippen LogP contribution < -0.4 is 11.5 Å². The molecule has 2 aromatic carbocycles. The van der Waals surface area contributed by atoms with Crippen LogP contribution in [0.3, 0.4) is 0 Å². The molecular weight excluding hydrogens is 363 g/mol. The third kappa shape index (κ3) is 4.09. The van der Waals surface area contributed by atoms with Crippen LogP contribution in [0, 0.1) is 5.92 Å². The number of alkyl halides is 1. The van der Waals surface area contributed by atoms with Gasteiger partial charge in [-0.25, -0.2) is 4.39 Å². The summed E-state index contributed by atoms with van der Waals surface area (Å²) in [6.45, 7) is 2.27. The lowest BCUT2D eigenvalue weighted by atomic mass is 9.73. The maximum atomic E-state index is 15.0. The van der Waals surface area contributed by atoms with Crippen molar-refractivity contribution in [1.29, 1.82) is 0 Å². The van der Waals surface area contributed by atoms with Crippen LogP contribution >= 0.6 is 11.6 Å². The van der Waals surface area contributed by atoms with E-state index in [2.05, 4.69) is 0 Å². The van der Waals surface area contributed by atoms with Gasteiger partial charge in [-0.3, -0.25) is 0 Å². The van der Waals surface area contributed by atoms with Gasteiger partial charge in [0, 0.05) is 35.4 Å². The third-order valence-electron chi connectivity index (χ3n) is 5.44. The number of hydrogen-bond donors (Lipinski definition) is 3. The fourth-order valence-electron chi connectivity index (χ4n) is 3.96. The number of rotatable bonds is 5. The Morgan fingerprint density at radius 1 is 1.11 bits per heavy atom. The summed E-state index contributed by atoms with van der Waals surface area (Å²) >= 11 is 6.46. The fourth-order valence-corrected chi connectivity index (χ4v) is 4.20. The predicted octanol–water partition coefficient (Wildman–Crippen LogP) is 3.75. The SMILES string of the molecule is C[C@H](N)C1C=CC(O)C(F)C1c1cc(C(CN)c2ccccc2)ccc1Cl. The van der Waals surface area contributed by atoms with E-state index in [1.165, 1.54) is 6.08 Å². The summed E-state index contributed by atoms with van der Waals surface area (Å²) in [7, 11) is 0. The van der Waals surface area contributed by atoms with E-state index in [9.17, 15) is 5.11 Å². The van der Waals surface area contributed by atoms with E-state index in [1.54, 1.807) is 12.1 Å². The second-order valence-electron chi connectivity index (χ2n) is 7.26. The Labute approximate surface area is 164 Å². The van der Waals surface area contributed by atoms with Crippen molar-refractivity contribution in [3.8, 4) is 0 Å². The van der Waals surface area contributed by atoms with E-state index in [0.717, 1.165) is 11.1 Å². The molecule has 5 unspecified atom stereocenters. The average Bonchev–Trinajstić information content (AvgIpc) is 2.66. The van der Waals surface area contributed by atoms with Crippen molar-refractivity contribution in [2.75, 3.05) is 6.54 Å². The summed E-state index contributed by atoms with van der Waals surface area (Å²) in [6, 6.07) is 15.3. The largest absolute Gasteiger partial charge is 0.386 e. The molecule has 0 amide bonds. The Morgan fingerprint density at radius 3 is 2.44 bits per heavy atom. The number of hydrogen-bond acceptors (Lipinski definition) is 3. The number of halogens is 2. The van der Waals surface area contributed by atoms with Crippen molar-refractivity contribution < 1.29 is 9.50 Å². The Balaban J connectivity index is 2.05. The van der Waals surface area contributed by atoms with E-state index in [0.29, 0.717) is 17.1 Å². The molecule has 2 aromatic rings. The van der Waals surface area contributed by atoms with Crippen LogP contribution in [0.25, 0.3) is 0 Å². The van der Waals surface area contributed by atoms with Crippen molar-refractivity contribution in [3.05, 3.63) is 82.4 Å². The molecule has 27 heavy (non-hydrogen) atoms. The van der Waals surface area contributed by atoms with E-state index in [-0.39, 0.29) is 17.9 Å². The molecule has 144 valence electrons. The molecule has 3 nitrogen and oxygen atoms in total. The lowest BCUT2D eigenvalue weighted by Gasteiger charge is -2.36. The van der Waals surface area contributed by atoms with Crippen LogP contribution in [0.1, 0.15) is 35.4 Å². The van der Waals surface area contributed by atoms with E-state index in [4.69, 9.17) is 23.1 Å². The molecule has 3 rings (SSSR count). The van der Waals surface area contributed by atoms with Crippen molar-refractivity contribution in [3.63, 3.8) is 0 Å². The molecule has 1 aliphatic rings. The lowest BCUT2D eigenvalue weighted by molar-refractivity contribution is 0.0725. The molecule has 0 aromatic heterocycles. The third-order valence-corrected chi connectivity index (χ3v) is 5.79. The van der Waals surface area contributed by atoms with Crippen molar-refractivity contribution >= 4 is 11.6 Å². The molecule has 0 bridgehead atoms. The Morgan fingerprint density at radius 2 is 1.81 bits per heavy atom. The second kappa shape index (κ2) is 8.53.